The summed E-state index contributed by atoms with van der Waals surface area (Å²) in [6, 6.07) is 8.40. The number of methoxy groups -OCH3 is 1. The van der Waals surface area contributed by atoms with Crippen LogP contribution in [-0.4, -0.2) is 40.3 Å². The zero-order chi connectivity index (χ0) is 23.0. The molecule has 2 heterocycles. The summed E-state index contributed by atoms with van der Waals surface area (Å²) in [5.41, 5.74) is 1.24. The number of hydrogen-bond acceptors (Lipinski definition) is 7. The van der Waals surface area contributed by atoms with E-state index in [1.54, 1.807) is 12.1 Å². The number of ether oxygens (including phenoxy) is 1. The highest BCUT2D eigenvalue weighted by Crippen LogP contribution is 2.31. The normalized spacial score (nSPS) is 13.7. The zero-order valence-electron chi connectivity index (χ0n) is 17.5. The lowest BCUT2D eigenvalue weighted by molar-refractivity contribution is -0.116. The number of hydrogen-bond donors (Lipinski definition) is 1. The number of amides is 1. The Morgan fingerprint density at radius 1 is 1.19 bits per heavy atom. The number of nitrogens with zero attached hydrogens (tertiary/aromatic N) is 1. The van der Waals surface area contributed by atoms with Crippen LogP contribution in [0.15, 0.2) is 45.7 Å². The number of carbonyl (C=O) groups is 2. The number of anilines is 1. The topological polar surface area (TPSA) is 106 Å². The van der Waals surface area contributed by atoms with E-state index in [0.717, 1.165) is 19.5 Å². The maximum atomic E-state index is 14.5. The summed E-state index contributed by atoms with van der Waals surface area (Å²) in [6.45, 7) is 3.00. The van der Waals surface area contributed by atoms with Crippen molar-refractivity contribution >= 4 is 38.4 Å². The Morgan fingerprint density at radius 2 is 1.94 bits per heavy atom. The molecule has 1 fully saturated rings. The van der Waals surface area contributed by atoms with Crippen molar-refractivity contribution in [1.82, 2.24) is 4.72 Å². The summed E-state index contributed by atoms with van der Waals surface area (Å²) in [7, 11) is -3.08. The number of halogens is 1. The molecule has 0 radical (unpaired) electrons. The second kappa shape index (κ2) is 8.27. The van der Waals surface area contributed by atoms with Crippen molar-refractivity contribution in [3.63, 3.8) is 0 Å². The second-order valence-electron chi connectivity index (χ2n) is 7.59. The van der Waals surface area contributed by atoms with Crippen molar-refractivity contribution in [3.05, 3.63) is 53.5 Å². The van der Waals surface area contributed by atoms with Gasteiger partial charge in [-0.05, 0) is 37.1 Å². The first-order valence-electron chi connectivity index (χ1n) is 9.89. The van der Waals surface area contributed by atoms with Gasteiger partial charge in [-0.1, -0.05) is 6.07 Å². The Bertz CT molecular complexity index is 1330. The molecule has 1 aliphatic heterocycles. The third-order valence-corrected chi connectivity index (χ3v) is 6.57. The van der Waals surface area contributed by atoms with Gasteiger partial charge in [-0.3, -0.25) is 9.59 Å². The van der Waals surface area contributed by atoms with Gasteiger partial charge in [0.2, 0.25) is 0 Å². The monoisotopic (exact) mass is 460 g/mol. The maximum Gasteiger partial charge on any atom is 0.300 e. The van der Waals surface area contributed by atoms with Gasteiger partial charge in [0, 0.05) is 37.3 Å². The fourth-order valence-electron chi connectivity index (χ4n) is 3.51. The number of nitrogens with one attached hydrogen (secondary N) is 1. The smallest absolute Gasteiger partial charge is 0.300 e. The van der Waals surface area contributed by atoms with E-state index in [1.165, 1.54) is 38.3 Å². The fraction of sp³-hybridized carbons (Fsp3) is 0.273. The number of carbonyl (C=O) groups excluding carboxylic acids is 2. The highest BCUT2D eigenvalue weighted by molar-refractivity contribution is 7.90. The summed E-state index contributed by atoms with van der Waals surface area (Å²) < 4.78 is 52.8. The van der Waals surface area contributed by atoms with Crippen molar-refractivity contribution in [2.24, 2.45) is 0 Å². The predicted octanol–water partition coefficient (Wildman–Crippen LogP) is 3.04. The van der Waals surface area contributed by atoms with E-state index in [4.69, 9.17) is 9.15 Å². The highest BCUT2D eigenvalue weighted by Gasteiger charge is 2.26. The van der Waals surface area contributed by atoms with Gasteiger partial charge in [0.05, 0.1) is 12.5 Å². The Morgan fingerprint density at radius 3 is 2.56 bits per heavy atom. The summed E-state index contributed by atoms with van der Waals surface area (Å²) in [4.78, 5) is 25.7. The summed E-state index contributed by atoms with van der Waals surface area (Å²) in [5.74, 6) is -2.10. The Hall–Kier alpha value is -3.40. The molecule has 0 saturated carbocycles. The average Bonchev–Trinajstić information content (AvgIpc) is 3.11. The number of benzene rings is 2. The molecule has 3 aromatic rings. The number of rotatable bonds is 7. The molecule has 0 spiro atoms. The molecule has 0 aliphatic carbocycles. The molecule has 10 heteroatoms. The molecular formula is C22H21FN2O6S. The molecule has 0 unspecified atom stereocenters. The van der Waals surface area contributed by atoms with Crippen molar-refractivity contribution in [3.8, 4) is 5.75 Å². The van der Waals surface area contributed by atoms with Gasteiger partial charge in [0.25, 0.3) is 10.0 Å². The van der Waals surface area contributed by atoms with Crippen molar-refractivity contribution < 1.29 is 31.6 Å². The Balaban J connectivity index is 1.63. The van der Waals surface area contributed by atoms with Crippen LogP contribution in [0.2, 0.25) is 0 Å². The van der Waals surface area contributed by atoms with Crippen molar-refractivity contribution in [2.75, 3.05) is 25.1 Å². The molecule has 4 rings (SSSR count). The molecule has 2 aromatic carbocycles. The number of Topliss-reactive ketones (excluding diaryl/α,β-unsaturated/α-hetero) is 1. The third kappa shape index (κ3) is 4.18. The van der Waals surface area contributed by atoms with Crippen LogP contribution in [0.4, 0.5) is 10.1 Å². The number of fused-ring (bicyclic) bond motifs is 1. The van der Waals surface area contributed by atoms with Crippen LogP contribution >= 0.6 is 0 Å². The molecule has 1 saturated heterocycles. The third-order valence-electron chi connectivity index (χ3n) is 5.21. The quantitative estimate of drug-likeness (QED) is 0.578. The first kappa shape index (κ1) is 21.8. The van der Waals surface area contributed by atoms with E-state index in [-0.39, 0.29) is 39.6 Å². The molecule has 168 valence electrons. The first-order valence-corrected chi connectivity index (χ1v) is 11.4. The van der Waals surface area contributed by atoms with Gasteiger partial charge in [0.15, 0.2) is 5.76 Å². The lowest BCUT2D eigenvalue weighted by Gasteiger charge is -2.33. The number of sulfonamides is 1. The van der Waals surface area contributed by atoms with Crippen LogP contribution in [0, 0.1) is 5.82 Å². The second-order valence-corrected chi connectivity index (χ2v) is 9.24. The molecule has 32 heavy (non-hydrogen) atoms. The summed E-state index contributed by atoms with van der Waals surface area (Å²) >= 11 is 0. The molecule has 1 amide bonds. The molecule has 8 nitrogen and oxygen atoms in total. The predicted molar refractivity (Wildman–Crippen MR) is 115 cm³/mol. The van der Waals surface area contributed by atoms with Gasteiger partial charge in [0.1, 0.15) is 27.8 Å². The van der Waals surface area contributed by atoms with E-state index in [2.05, 4.69) is 0 Å². The van der Waals surface area contributed by atoms with Crippen LogP contribution in [0.1, 0.15) is 29.5 Å². The van der Waals surface area contributed by atoms with E-state index >= 15 is 0 Å². The van der Waals surface area contributed by atoms with Gasteiger partial charge in [-0.15, -0.1) is 0 Å². The van der Waals surface area contributed by atoms with E-state index in [0.29, 0.717) is 11.3 Å². The largest absolute Gasteiger partial charge is 0.495 e. The average molecular weight is 460 g/mol. The van der Waals surface area contributed by atoms with E-state index in [1.807, 2.05) is 9.62 Å². The van der Waals surface area contributed by atoms with Gasteiger partial charge >= 0.3 is 5.91 Å². The minimum absolute atomic E-state index is 0.00689. The number of ketones is 1. The van der Waals surface area contributed by atoms with E-state index < -0.39 is 21.7 Å². The van der Waals surface area contributed by atoms with Gasteiger partial charge in [-0.25, -0.2) is 17.5 Å². The summed E-state index contributed by atoms with van der Waals surface area (Å²) in [5, 5.41) is 0.0813. The van der Waals surface area contributed by atoms with Crippen molar-refractivity contribution in [1.29, 1.82) is 0 Å². The molecule has 0 bridgehead atoms. The lowest BCUT2D eigenvalue weighted by Crippen LogP contribution is -2.36. The Kier molecular flexibility index (Phi) is 5.64. The fourth-order valence-corrected chi connectivity index (χ4v) is 4.68. The molecule has 1 aromatic heterocycles. The highest BCUT2D eigenvalue weighted by atomic mass is 32.2. The lowest BCUT2D eigenvalue weighted by atomic mass is 10.1. The van der Waals surface area contributed by atoms with Crippen LogP contribution in [0.25, 0.3) is 11.0 Å². The van der Waals surface area contributed by atoms with Crippen molar-refractivity contribution in [2.45, 2.75) is 24.7 Å². The van der Waals surface area contributed by atoms with E-state index in [9.17, 15) is 22.4 Å². The number of furan rings is 1. The molecule has 1 aliphatic rings. The van der Waals surface area contributed by atoms with Crippen LogP contribution in [-0.2, 0) is 21.2 Å². The van der Waals surface area contributed by atoms with Gasteiger partial charge in [-0.2, -0.15) is 0 Å². The zero-order valence-corrected chi connectivity index (χ0v) is 18.3. The van der Waals surface area contributed by atoms with Crippen LogP contribution < -0.4 is 14.4 Å². The Labute approximate surface area is 184 Å². The minimum Gasteiger partial charge on any atom is -0.495 e. The van der Waals surface area contributed by atoms with Crippen LogP contribution in [0.5, 0.6) is 5.75 Å². The molecule has 0 atom stereocenters. The SMILES string of the molecule is COc1ccc(CC(C)=O)cc1S(=O)(=O)NC(=O)c1cc2c(F)cc(N3CCC3)cc2o1. The maximum absolute atomic E-state index is 14.5. The minimum atomic E-state index is -4.37. The van der Waals surface area contributed by atoms with Crippen LogP contribution in [0.3, 0.4) is 0 Å². The van der Waals surface area contributed by atoms with Gasteiger partial charge < -0.3 is 14.1 Å². The molecule has 1 N–H and O–H groups in total. The molecular weight excluding hydrogens is 439 g/mol. The standard InChI is InChI=1S/C22H21FN2O6S/c1-13(26)8-14-4-5-18(30-2)21(9-14)32(28,29)24-22(27)20-12-16-17(23)10-15(11-19(16)31-20)25-6-3-7-25/h4-5,9-12H,3,6-8H2,1-2H3,(H,24,27). The summed E-state index contributed by atoms with van der Waals surface area (Å²) in [6.07, 6.45) is 1.04. The first-order chi connectivity index (χ1) is 15.2.